The predicted octanol–water partition coefficient (Wildman–Crippen LogP) is 2.98. The molecule has 2 fully saturated rings. The van der Waals surface area contributed by atoms with Crippen LogP contribution in [-0.4, -0.2) is 57.4 Å². The quantitative estimate of drug-likeness (QED) is 0.834. The van der Waals surface area contributed by atoms with Gasteiger partial charge < -0.3 is 9.80 Å². The normalized spacial score (nSPS) is 23.4. The van der Waals surface area contributed by atoms with Crippen LogP contribution in [0, 0.1) is 5.41 Å². The number of hydrogen-bond acceptors (Lipinski definition) is 3. The average molecular weight is 368 g/mol. The summed E-state index contributed by atoms with van der Waals surface area (Å²) >= 11 is 0. The number of rotatable bonds is 4. The Kier molecular flexibility index (Phi) is 4.89. The van der Waals surface area contributed by atoms with Gasteiger partial charge >= 0.3 is 0 Å². The molecule has 2 aliphatic heterocycles. The monoisotopic (exact) mass is 368 g/mol. The number of hydrogen-bond donors (Lipinski definition) is 0. The maximum Gasteiger partial charge on any atom is 0.257 e. The van der Waals surface area contributed by atoms with Crippen molar-refractivity contribution in [1.82, 2.24) is 19.4 Å². The number of carbonyl (C=O) groups excluding carboxylic acids is 2. The summed E-state index contributed by atoms with van der Waals surface area (Å²) in [4.78, 5) is 29.5. The van der Waals surface area contributed by atoms with E-state index in [1.807, 2.05) is 34.2 Å². The molecule has 0 saturated carbocycles. The standard InChI is InChI=1S/C21H28N4O2/c1-2-3-11-23-15-21(10-8-19(23)26)9-6-12-24(16-21)20(27)17-14-22-25-13-5-4-7-18(17)25/h4-5,7,13-14H,2-3,6,8-12,15-16H2,1H3/t21-/m1/s1. The molecule has 2 aromatic rings. The lowest BCUT2D eigenvalue weighted by molar-refractivity contribution is -0.139. The number of likely N-dealkylation sites (tertiary alicyclic amines) is 2. The summed E-state index contributed by atoms with van der Waals surface area (Å²) in [5.74, 6) is 0.340. The van der Waals surface area contributed by atoms with E-state index >= 15 is 0 Å². The van der Waals surface area contributed by atoms with Crippen molar-refractivity contribution in [3.05, 3.63) is 36.2 Å². The van der Waals surface area contributed by atoms with Crippen LogP contribution in [0.15, 0.2) is 30.6 Å². The van der Waals surface area contributed by atoms with E-state index in [1.165, 1.54) is 0 Å². The van der Waals surface area contributed by atoms with Gasteiger partial charge in [0.15, 0.2) is 0 Å². The van der Waals surface area contributed by atoms with Crippen LogP contribution < -0.4 is 0 Å². The van der Waals surface area contributed by atoms with Gasteiger partial charge in [0.25, 0.3) is 5.91 Å². The number of aromatic nitrogens is 2. The Morgan fingerprint density at radius 2 is 2.15 bits per heavy atom. The van der Waals surface area contributed by atoms with Crippen molar-refractivity contribution < 1.29 is 9.59 Å². The third-order valence-corrected chi connectivity index (χ3v) is 6.14. The van der Waals surface area contributed by atoms with Gasteiger partial charge in [-0.2, -0.15) is 5.10 Å². The van der Waals surface area contributed by atoms with Gasteiger partial charge in [-0.1, -0.05) is 19.4 Å². The summed E-state index contributed by atoms with van der Waals surface area (Å²) in [7, 11) is 0. The zero-order chi connectivity index (χ0) is 18.9. The molecule has 0 aromatic carbocycles. The van der Waals surface area contributed by atoms with Gasteiger partial charge in [-0.3, -0.25) is 9.59 Å². The minimum Gasteiger partial charge on any atom is -0.342 e. The molecule has 4 rings (SSSR count). The lowest BCUT2D eigenvalue weighted by Gasteiger charge is -2.48. The molecular weight excluding hydrogens is 340 g/mol. The van der Waals surface area contributed by atoms with Crippen molar-refractivity contribution in [3.8, 4) is 0 Å². The number of pyridine rings is 1. The summed E-state index contributed by atoms with van der Waals surface area (Å²) in [6.07, 6.45) is 9.29. The number of amides is 2. The van der Waals surface area contributed by atoms with Crippen LogP contribution in [0.25, 0.3) is 5.52 Å². The molecule has 6 heteroatoms. The molecule has 144 valence electrons. The molecule has 2 aliphatic rings. The van der Waals surface area contributed by atoms with Crippen molar-refractivity contribution in [3.63, 3.8) is 0 Å². The molecule has 1 spiro atoms. The van der Waals surface area contributed by atoms with E-state index in [2.05, 4.69) is 12.0 Å². The molecule has 0 aliphatic carbocycles. The molecule has 0 N–H and O–H groups in total. The first-order valence-corrected chi connectivity index (χ1v) is 10.1. The van der Waals surface area contributed by atoms with Gasteiger partial charge in [-0.05, 0) is 37.8 Å². The Bertz CT molecular complexity index is 846. The van der Waals surface area contributed by atoms with E-state index < -0.39 is 0 Å². The van der Waals surface area contributed by atoms with Crippen LogP contribution in [-0.2, 0) is 4.79 Å². The lowest BCUT2D eigenvalue weighted by Crippen LogP contribution is -2.55. The van der Waals surface area contributed by atoms with Crippen LogP contribution in [0.2, 0.25) is 0 Å². The Hall–Kier alpha value is -2.37. The van der Waals surface area contributed by atoms with E-state index in [0.29, 0.717) is 12.0 Å². The van der Waals surface area contributed by atoms with Crippen molar-refractivity contribution in [2.24, 2.45) is 5.41 Å². The molecule has 0 bridgehead atoms. The van der Waals surface area contributed by atoms with E-state index in [1.54, 1.807) is 10.7 Å². The van der Waals surface area contributed by atoms with E-state index in [4.69, 9.17) is 0 Å². The van der Waals surface area contributed by atoms with Crippen molar-refractivity contribution in [2.75, 3.05) is 26.2 Å². The summed E-state index contributed by atoms with van der Waals surface area (Å²) < 4.78 is 1.75. The van der Waals surface area contributed by atoms with E-state index in [0.717, 1.165) is 63.8 Å². The van der Waals surface area contributed by atoms with Gasteiger partial charge in [-0.25, -0.2) is 4.52 Å². The second-order valence-corrected chi connectivity index (χ2v) is 8.09. The maximum absolute atomic E-state index is 13.2. The highest BCUT2D eigenvalue weighted by molar-refractivity contribution is 6.00. The first-order chi connectivity index (χ1) is 13.1. The molecule has 0 radical (unpaired) electrons. The number of unbranched alkanes of at least 4 members (excludes halogenated alkanes) is 1. The molecule has 2 aromatic heterocycles. The Morgan fingerprint density at radius 1 is 1.26 bits per heavy atom. The SMILES string of the molecule is CCCCN1C[C@@]2(CCCN(C(=O)c3cnn4ccccc34)C2)CCC1=O. The summed E-state index contributed by atoms with van der Waals surface area (Å²) in [6.45, 7) is 5.32. The third-order valence-electron chi connectivity index (χ3n) is 6.14. The molecular formula is C21H28N4O2. The smallest absolute Gasteiger partial charge is 0.257 e. The number of fused-ring (bicyclic) bond motifs is 1. The number of carbonyl (C=O) groups is 2. The van der Waals surface area contributed by atoms with Gasteiger partial charge in [-0.15, -0.1) is 0 Å². The minimum absolute atomic E-state index is 0.0541. The first-order valence-electron chi connectivity index (χ1n) is 10.1. The van der Waals surface area contributed by atoms with Crippen LogP contribution in [0.5, 0.6) is 0 Å². The zero-order valence-corrected chi connectivity index (χ0v) is 16.1. The molecule has 27 heavy (non-hydrogen) atoms. The molecule has 6 nitrogen and oxygen atoms in total. The average Bonchev–Trinajstić information content (AvgIpc) is 3.12. The van der Waals surface area contributed by atoms with Crippen molar-refractivity contribution >= 4 is 17.3 Å². The second kappa shape index (κ2) is 7.33. The van der Waals surface area contributed by atoms with Gasteiger partial charge in [0.2, 0.25) is 5.91 Å². The van der Waals surface area contributed by atoms with Crippen LogP contribution in [0.3, 0.4) is 0 Å². The molecule has 4 heterocycles. The van der Waals surface area contributed by atoms with Crippen LogP contribution in [0.1, 0.15) is 55.8 Å². The zero-order valence-electron chi connectivity index (χ0n) is 16.1. The first kappa shape index (κ1) is 18.0. The lowest BCUT2D eigenvalue weighted by atomic mass is 9.73. The highest BCUT2D eigenvalue weighted by Gasteiger charge is 2.42. The van der Waals surface area contributed by atoms with Crippen molar-refractivity contribution in [2.45, 2.75) is 45.4 Å². The fourth-order valence-corrected chi connectivity index (χ4v) is 4.64. The Balaban J connectivity index is 1.52. The highest BCUT2D eigenvalue weighted by atomic mass is 16.2. The summed E-state index contributed by atoms with van der Waals surface area (Å²) in [5, 5.41) is 4.31. The number of piperidine rings is 2. The Labute approximate surface area is 160 Å². The van der Waals surface area contributed by atoms with Gasteiger partial charge in [0.05, 0.1) is 17.3 Å². The fraction of sp³-hybridized carbons (Fsp3) is 0.571. The van der Waals surface area contributed by atoms with Crippen molar-refractivity contribution in [1.29, 1.82) is 0 Å². The largest absolute Gasteiger partial charge is 0.342 e. The fourth-order valence-electron chi connectivity index (χ4n) is 4.64. The number of nitrogens with zero attached hydrogens (tertiary/aromatic N) is 4. The van der Waals surface area contributed by atoms with E-state index in [-0.39, 0.29) is 17.2 Å². The minimum atomic E-state index is 0.0541. The third kappa shape index (κ3) is 3.45. The maximum atomic E-state index is 13.2. The molecule has 2 amide bonds. The molecule has 0 unspecified atom stereocenters. The highest BCUT2D eigenvalue weighted by Crippen LogP contribution is 2.39. The second-order valence-electron chi connectivity index (χ2n) is 8.09. The summed E-state index contributed by atoms with van der Waals surface area (Å²) in [5.41, 5.74) is 1.58. The predicted molar refractivity (Wildman–Crippen MR) is 103 cm³/mol. The van der Waals surface area contributed by atoms with Crippen LogP contribution >= 0.6 is 0 Å². The summed E-state index contributed by atoms with van der Waals surface area (Å²) in [6, 6.07) is 5.78. The molecule has 1 atom stereocenters. The van der Waals surface area contributed by atoms with Crippen LogP contribution in [0.4, 0.5) is 0 Å². The Morgan fingerprint density at radius 3 is 3.00 bits per heavy atom. The molecule has 2 saturated heterocycles. The van der Waals surface area contributed by atoms with E-state index in [9.17, 15) is 9.59 Å². The topological polar surface area (TPSA) is 57.9 Å². The van der Waals surface area contributed by atoms with Gasteiger partial charge in [0.1, 0.15) is 0 Å². The van der Waals surface area contributed by atoms with Gasteiger partial charge in [0, 0.05) is 44.2 Å².